The lowest BCUT2D eigenvalue weighted by atomic mass is 10.2. The summed E-state index contributed by atoms with van der Waals surface area (Å²) in [5.41, 5.74) is 1.27. The second kappa shape index (κ2) is 5.90. The van der Waals surface area contributed by atoms with E-state index in [1.165, 1.54) is 0 Å². The Bertz CT molecular complexity index is 395. The zero-order valence-corrected chi connectivity index (χ0v) is 10.1. The maximum atomic E-state index is 11.8. The second-order valence-corrected chi connectivity index (χ2v) is 3.71. The van der Waals surface area contributed by atoms with Crippen LogP contribution in [0.2, 0.25) is 0 Å². The van der Waals surface area contributed by atoms with Crippen LogP contribution >= 0.6 is 15.9 Å². The number of hydrogen-bond donors (Lipinski definition) is 1. The summed E-state index contributed by atoms with van der Waals surface area (Å²) in [4.78, 5) is 11.0. The van der Waals surface area contributed by atoms with Crippen LogP contribution < -0.4 is 5.32 Å². The molecular formula is C10H9BrF3NO2. The van der Waals surface area contributed by atoms with E-state index >= 15 is 0 Å². The zero-order chi connectivity index (χ0) is 12.9. The first kappa shape index (κ1) is 13.8. The largest absolute Gasteiger partial charge is 0.440 e. The monoisotopic (exact) mass is 311 g/mol. The third-order valence-electron chi connectivity index (χ3n) is 1.69. The third-order valence-corrected chi connectivity index (χ3v) is 2.34. The minimum Gasteiger partial charge on any atom is -0.440 e. The van der Waals surface area contributed by atoms with Gasteiger partial charge in [0.2, 0.25) is 0 Å². The standard InChI is InChI=1S/C10H9BrF3NO2/c11-5-7-2-1-3-8(4-7)15-9(16)17-6-10(12,13)14/h1-4H,5-6H2,(H,15,16). The number of halogens is 4. The average molecular weight is 312 g/mol. The first-order valence-corrected chi connectivity index (χ1v) is 5.68. The lowest BCUT2D eigenvalue weighted by molar-refractivity contribution is -0.159. The van der Waals surface area contributed by atoms with Crippen molar-refractivity contribution in [3.05, 3.63) is 29.8 Å². The number of ether oxygens (including phenoxy) is 1. The molecule has 7 heteroatoms. The number of hydrogen-bond acceptors (Lipinski definition) is 2. The molecule has 0 saturated carbocycles. The molecule has 0 heterocycles. The molecular weight excluding hydrogens is 303 g/mol. The molecule has 1 N–H and O–H groups in total. The number of benzene rings is 1. The number of anilines is 1. The van der Waals surface area contributed by atoms with Crippen LogP contribution in [0.5, 0.6) is 0 Å². The summed E-state index contributed by atoms with van der Waals surface area (Å²) in [6, 6.07) is 6.67. The van der Waals surface area contributed by atoms with Crippen LogP contribution in [0.4, 0.5) is 23.7 Å². The number of amides is 1. The van der Waals surface area contributed by atoms with Gasteiger partial charge in [-0.15, -0.1) is 0 Å². The third kappa shape index (κ3) is 5.58. The number of alkyl halides is 4. The molecule has 0 spiro atoms. The molecule has 0 aliphatic carbocycles. The van der Waals surface area contributed by atoms with Crippen LogP contribution in [0.3, 0.4) is 0 Å². The molecule has 0 aliphatic heterocycles. The normalized spacial score (nSPS) is 11.1. The van der Waals surface area contributed by atoms with Crippen LogP contribution in [0.25, 0.3) is 0 Å². The molecule has 1 rings (SSSR count). The minimum absolute atomic E-state index is 0.383. The molecule has 3 nitrogen and oxygen atoms in total. The Hall–Kier alpha value is -1.24. The van der Waals surface area contributed by atoms with Crippen molar-refractivity contribution in [1.29, 1.82) is 0 Å². The van der Waals surface area contributed by atoms with Crippen LogP contribution in [-0.4, -0.2) is 18.9 Å². The van der Waals surface area contributed by atoms with Crippen molar-refractivity contribution in [3.8, 4) is 0 Å². The summed E-state index contributed by atoms with van der Waals surface area (Å²) in [6.45, 7) is -1.60. The lowest BCUT2D eigenvalue weighted by Crippen LogP contribution is -2.23. The molecule has 94 valence electrons. The molecule has 1 aromatic rings. The fourth-order valence-electron chi connectivity index (χ4n) is 1.03. The van der Waals surface area contributed by atoms with Gasteiger partial charge in [0, 0.05) is 11.0 Å². The fraction of sp³-hybridized carbons (Fsp3) is 0.300. The molecule has 0 aromatic heterocycles. The molecule has 0 unspecified atom stereocenters. The molecule has 0 radical (unpaired) electrons. The maximum absolute atomic E-state index is 11.8. The highest BCUT2D eigenvalue weighted by Gasteiger charge is 2.29. The van der Waals surface area contributed by atoms with Crippen LogP contribution in [0.15, 0.2) is 24.3 Å². The SMILES string of the molecule is O=C(Nc1cccc(CBr)c1)OCC(F)(F)F. The Balaban J connectivity index is 2.50. The summed E-state index contributed by atoms with van der Waals surface area (Å²) in [7, 11) is 0. The van der Waals surface area contributed by atoms with Gasteiger partial charge in [-0.1, -0.05) is 28.1 Å². The van der Waals surface area contributed by atoms with Crippen LogP contribution in [0, 0.1) is 0 Å². The van der Waals surface area contributed by atoms with Crippen molar-refractivity contribution < 1.29 is 22.7 Å². The predicted octanol–water partition coefficient (Wildman–Crippen LogP) is 3.69. The van der Waals surface area contributed by atoms with Crippen molar-refractivity contribution in [2.75, 3.05) is 11.9 Å². The van der Waals surface area contributed by atoms with Gasteiger partial charge >= 0.3 is 12.3 Å². The lowest BCUT2D eigenvalue weighted by Gasteiger charge is -2.09. The highest BCUT2D eigenvalue weighted by Crippen LogP contribution is 2.16. The summed E-state index contributed by atoms with van der Waals surface area (Å²) >= 11 is 3.22. The van der Waals surface area contributed by atoms with Gasteiger partial charge in [0.05, 0.1) is 0 Å². The summed E-state index contributed by atoms with van der Waals surface area (Å²) in [5, 5.41) is 2.79. The van der Waals surface area contributed by atoms with E-state index in [4.69, 9.17) is 0 Å². The van der Waals surface area contributed by atoms with Crippen LogP contribution in [-0.2, 0) is 10.1 Å². The number of carbonyl (C=O) groups excluding carboxylic acids is 1. The minimum atomic E-state index is -4.52. The average Bonchev–Trinajstić information content (AvgIpc) is 2.26. The smallest absolute Gasteiger partial charge is 0.422 e. The quantitative estimate of drug-likeness (QED) is 0.865. The highest BCUT2D eigenvalue weighted by atomic mass is 79.9. The Morgan fingerprint density at radius 2 is 2.12 bits per heavy atom. The van der Waals surface area contributed by atoms with Crippen molar-refractivity contribution in [2.24, 2.45) is 0 Å². The van der Waals surface area contributed by atoms with E-state index in [0.717, 1.165) is 5.56 Å². The molecule has 1 aromatic carbocycles. The van der Waals surface area contributed by atoms with Crippen molar-refractivity contribution in [2.45, 2.75) is 11.5 Å². The van der Waals surface area contributed by atoms with E-state index in [2.05, 4.69) is 26.0 Å². The van der Waals surface area contributed by atoms with Gasteiger partial charge in [0.1, 0.15) is 0 Å². The molecule has 0 fully saturated rings. The van der Waals surface area contributed by atoms with Crippen molar-refractivity contribution in [1.82, 2.24) is 0 Å². The first-order valence-electron chi connectivity index (χ1n) is 4.56. The van der Waals surface area contributed by atoms with E-state index in [1.807, 2.05) is 0 Å². The van der Waals surface area contributed by atoms with Crippen LogP contribution in [0.1, 0.15) is 5.56 Å². The topological polar surface area (TPSA) is 38.3 Å². The van der Waals surface area contributed by atoms with Crippen molar-refractivity contribution >= 4 is 27.7 Å². The first-order chi connectivity index (χ1) is 7.90. The van der Waals surface area contributed by atoms with E-state index in [-0.39, 0.29) is 0 Å². The van der Waals surface area contributed by atoms with Gasteiger partial charge in [-0.3, -0.25) is 5.32 Å². The maximum Gasteiger partial charge on any atom is 0.422 e. The summed E-state index contributed by atoms with van der Waals surface area (Å²) < 4.78 is 39.3. The van der Waals surface area contributed by atoms with Gasteiger partial charge < -0.3 is 4.74 Å². The molecule has 17 heavy (non-hydrogen) atoms. The second-order valence-electron chi connectivity index (χ2n) is 3.15. The Morgan fingerprint density at radius 1 is 1.41 bits per heavy atom. The van der Waals surface area contributed by atoms with Gasteiger partial charge in [0.25, 0.3) is 0 Å². The fourth-order valence-corrected chi connectivity index (χ4v) is 1.38. The Labute approximate surface area is 104 Å². The van der Waals surface area contributed by atoms with Gasteiger partial charge in [0.15, 0.2) is 6.61 Å². The molecule has 0 aliphatic rings. The number of nitrogens with one attached hydrogen (secondary N) is 1. The Kier molecular flexibility index (Phi) is 4.80. The molecule has 0 atom stereocenters. The van der Waals surface area contributed by atoms with Gasteiger partial charge in [-0.2, -0.15) is 13.2 Å². The van der Waals surface area contributed by atoms with Gasteiger partial charge in [-0.05, 0) is 17.7 Å². The molecule has 0 bridgehead atoms. The van der Waals surface area contributed by atoms with E-state index in [1.54, 1.807) is 24.3 Å². The predicted molar refractivity (Wildman–Crippen MR) is 60.1 cm³/mol. The number of rotatable bonds is 3. The van der Waals surface area contributed by atoms with Crippen molar-refractivity contribution in [3.63, 3.8) is 0 Å². The molecule has 1 amide bonds. The zero-order valence-electron chi connectivity index (χ0n) is 8.55. The van der Waals surface area contributed by atoms with E-state index < -0.39 is 18.9 Å². The van der Waals surface area contributed by atoms with Gasteiger partial charge in [-0.25, -0.2) is 4.79 Å². The number of carbonyl (C=O) groups is 1. The van der Waals surface area contributed by atoms with E-state index in [9.17, 15) is 18.0 Å². The van der Waals surface area contributed by atoms with E-state index in [0.29, 0.717) is 11.0 Å². The summed E-state index contributed by atoms with van der Waals surface area (Å²) in [5.74, 6) is 0. The Morgan fingerprint density at radius 3 is 2.71 bits per heavy atom. The summed E-state index contributed by atoms with van der Waals surface area (Å²) in [6.07, 6.45) is -5.65. The highest BCUT2D eigenvalue weighted by molar-refractivity contribution is 9.08. The molecule has 0 saturated heterocycles.